The number of halogens is 2. The van der Waals surface area contributed by atoms with Gasteiger partial charge < -0.3 is 24.8 Å². The summed E-state index contributed by atoms with van der Waals surface area (Å²) in [5, 5.41) is 10.7. The number of carbonyl (C=O) groups excluding carboxylic acids is 2. The van der Waals surface area contributed by atoms with E-state index in [1.54, 1.807) is 35.5 Å². The number of nitrogens with one attached hydrogen (secondary N) is 3. The van der Waals surface area contributed by atoms with E-state index in [0.29, 0.717) is 43.9 Å². The van der Waals surface area contributed by atoms with Gasteiger partial charge in [-0.1, -0.05) is 48.0 Å². The Bertz CT molecular complexity index is 1550. The maximum atomic E-state index is 13.7. The number of amides is 3. The van der Waals surface area contributed by atoms with E-state index in [1.807, 2.05) is 31.3 Å². The molecule has 1 atom stereocenters. The first-order chi connectivity index (χ1) is 19.9. The Labute approximate surface area is 241 Å². The third-order valence-corrected chi connectivity index (χ3v) is 7.54. The van der Waals surface area contributed by atoms with E-state index in [-0.39, 0.29) is 30.2 Å². The van der Waals surface area contributed by atoms with Crippen LogP contribution in [0.25, 0.3) is 10.8 Å². The number of aryl methyl sites for hydroxylation is 1. The number of nitrogens with zero attached hydrogens (tertiary/aromatic N) is 4. The summed E-state index contributed by atoms with van der Waals surface area (Å²) in [7, 11) is 1.82. The number of urea groups is 1. The predicted octanol–water partition coefficient (Wildman–Crippen LogP) is 4.72. The van der Waals surface area contributed by atoms with Crippen molar-refractivity contribution < 1.29 is 18.7 Å². The van der Waals surface area contributed by atoms with E-state index in [4.69, 9.17) is 16.3 Å². The van der Waals surface area contributed by atoms with Crippen molar-refractivity contribution in [2.45, 2.75) is 38.5 Å². The average molecular weight is 580 g/mol. The van der Waals surface area contributed by atoms with Crippen molar-refractivity contribution >= 4 is 40.3 Å². The zero-order valence-corrected chi connectivity index (χ0v) is 23.3. The van der Waals surface area contributed by atoms with Crippen molar-refractivity contribution in [3.63, 3.8) is 0 Å². The van der Waals surface area contributed by atoms with Crippen molar-refractivity contribution in [3.05, 3.63) is 88.8 Å². The lowest BCUT2D eigenvalue weighted by atomic mass is 10.1. The number of pyridine rings is 1. The summed E-state index contributed by atoms with van der Waals surface area (Å²) in [6.07, 6.45) is 4.30. The maximum absolute atomic E-state index is 13.7. The molecule has 3 N–H and O–H groups in total. The molecule has 10 nitrogen and oxygen atoms in total. The monoisotopic (exact) mass is 579 g/mol. The fourth-order valence-electron chi connectivity index (χ4n) is 4.77. The van der Waals surface area contributed by atoms with Gasteiger partial charge in [-0.15, -0.1) is 0 Å². The van der Waals surface area contributed by atoms with E-state index in [9.17, 15) is 14.0 Å². The number of carbonyl (C=O) groups is 2. The highest BCUT2D eigenvalue weighted by molar-refractivity contribution is 6.31. The number of benzene rings is 2. The minimum Gasteiger partial charge on any atom is -0.448 e. The largest absolute Gasteiger partial charge is 0.448 e. The molecule has 4 aromatic rings. The second-order valence-corrected chi connectivity index (χ2v) is 10.2. The molecule has 0 aliphatic carbocycles. The van der Waals surface area contributed by atoms with E-state index in [0.717, 1.165) is 22.3 Å². The average Bonchev–Trinajstić information content (AvgIpc) is 3.40. The molecule has 0 bridgehead atoms. The zero-order chi connectivity index (χ0) is 28.8. The summed E-state index contributed by atoms with van der Waals surface area (Å²) < 4.78 is 21.2. The number of hydrogen-bond acceptors (Lipinski definition) is 6. The van der Waals surface area contributed by atoms with Gasteiger partial charge in [-0.3, -0.25) is 5.32 Å². The van der Waals surface area contributed by atoms with Gasteiger partial charge in [0, 0.05) is 43.7 Å². The van der Waals surface area contributed by atoms with Crippen LogP contribution >= 0.6 is 11.6 Å². The van der Waals surface area contributed by atoms with Crippen LogP contribution in [0.4, 0.5) is 19.8 Å². The van der Waals surface area contributed by atoms with Crippen LogP contribution in [0.15, 0.2) is 60.9 Å². The number of hydrogen-bond donors (Lipinski definition) is 3. The number of anilines is 1. The summed E-state index contributed by atoms with van der Waals surface area (Å²) in [4.78, 5) is 35.6. The molecule has 0 fully saturated rings. The topological polar surface area (TPSA) is 113 Å². The van der Waals surface area contributed by atoms with Crippen molar-refractivity contribution in [3.8, 4) is 0 Å². The van der Waals surface area contributed by atoms with Crippen LogP contribution in [0, 0.1) is 5.82 Å². The molecule has 41 heavy (non-hydrogen) atoms. The van der Waals surface area contributed by atoms with Gasteiger partial charge in [0.25, 0.3) is 0 Å². The second kappa shape index (κ2) is 13.0. The predicted molar refractivity (Wildman–Crippen MR) is 154 cm³/mol. The Balaban J connectivity index is 1.08. The second-order valence-electron chi connectivity index (χ2n) is 9.78. The fraction of sp³-hybridized carbons (Fsp3) is 0.310. The minimum atomic E-state index is -0.566. The van der Waals surface area contributed by atoms with E-state index >= 15 is 0 Å². The molecule has 0 saturated carbocycles. The molecule has 3 amide bonds. The highest BCUT2D eigenvalue weighted by Gasteiger charge is 2.24. The lowest BCUT2D eigenvalue weighted by Gasteiger charge is -2.29. The molecule has 1 aliphatic rings. The van der Waals surface area contributed by atoms with Crippen LogP contribution in [0.2, 0.25) is 5.02 Å². The molecule has 214 valence electrons. The number of fused-ring (bicyclic) bond motifs is 2. The Morgan fingerprint density at radius 3 is 2.76 bits per heavy atom. The van der Waals surface area contributed by atoms with E-state index < -0.39 is 11.9 Å². The number of aromatic nitrogens is 3. The third kappa shape index (κ3) is 6.93. The highest BCUT2D eigenvalue weighted by atomic mass is 35.5. The molecular weight excluding hydrogens is 549 g/mol. The van der Waals surface area contributed by atoms with Crippen LogP contribution in [-0.4, -0.2) is 57.8 Å². The van der Waals surface area contributed by atoms with Crippen molar-refractivity contribution in [1.82, 2.24) is 30.1 Å². The van der Waals surface area contributed by atoms with E-state index in [1.165, 1.54) is 6.07 Å². The zero-order valence-electron chi connectivity index (χ0n) is 22.6. The van der Waals surface area contributed by atoms with Gasteiger partial charge in [0.05, 0.1) is 23.5 Å². The van der Waals surface area contributed by atoms with Crippen molar-refractivity contribution in [2.75, 3.05) is 25.5 Å². The van der Waals surface area contributed by atoms with Crippen LogP contribution < -0.4 is 16.0 Å². The highest BCUT2D eigenvalue weighted by Crippen LogP contribution is 2.21. The van der Waals surface area contributed by atoms with Gasteiger partial charge in [0.15, 0.2) is 0 Å². The van der Waals surface area contributed by atoms with Crippen LogP contribution in [0.1, 0.15) is 23.5 Å². The quantitative estimate of drug-likeness (QED) is 0.264. The van der Waals surface area contributed by atoms with Gasteiger partial charge in [0.1, 0.15) is 24.1 Å². The van der Waals surface area contributed by atoms with Crippen molar-refractivity contribution in [2.24, 2.45) is 0 Å². The molecule has 2 aromatic heterocycles. The molecule has 0 spiro atoms. The molecule has 3 heterocycles. The first-order valence-electron chi connectivity index (χ1n) is 13.4. The maximum Gasteiger partial charge on any atom is 0.412 e. The summed E-state index contributed by atoms with van der Waals surface area (Å²) in [5.74, 6) is 0.831. The normalized spacial score (nSPS) is 13.5. The number of rotatable bonds is 9. The summed E-state index contributed by atoms with van der Waals surface area (Å²) in [6, 6.07) is 13.8. The Morgan fingerprint density at radius 1 is 1.10 bits per heavy atom. The minimum absolute atomic E-state index is 0.0157. The lowest BCUT2D eigenvalue weighted by molar-refractivity contribution is 0.147. The smallest absolute Gasteiger partial charge is 0.412 e. The van der Waals surface area contributed by atoms with Gasteiger partial charge in [-0.05, 0) is 36.6 Å². The Morgan fingerprint density at radius 2 is 1.93 bits per heavy atom. The number of likely N-dealkylation sites (N-methyl/N-ethyl adjacent to an activating group) is 1. The van der Waals surface area contributed by atoms with Gasteiger partial charge in [0.2, 0.25) is 0 Å². The van der Waals surface area contributed by atoms with Gasteiger partial charge in [-0.25, -0.2) is 23.9 Å². The van der Waals surface area contributed by atoms with Crippen molar-refractivity contribution in [1.29, 1.82) is 0 Å². The summed E-state index contributed by atoms with van der Waals surface area (Å²) in [6.45, 7) is 1.87. The van der Waals surface area contributed by atoms with Crippen LogP contribution in [-0.2, 0) is 30.8 Å². The first-order valence-corrected chi connectivity index (χ1v) is 13.7. The van der Waals surface area contributed by atoms with Crippen LogP contribution in [0.3, 0.4) is 0 Å². The molecule has 2 aromatic carbocycles. The summed E-state index contributed by atoms with van der Waals surface area (Å²) >= 11 is 5.99. The Kier molecular flexibility index (Phi) is 8.95. The summed E-state index contributed by atoms with van der Waals surface area (Å²) in [5.41, 5.74) is 1.46. The molecular formula is C29H31ClFN7O3. The number of ether oxygens (including phenoxy) is 1. The number of imidazole rings is 1. The molecule has 0 unspecified atom stereocenters. The third-order valence-electron chi connectivity index (χ3n) is 7.12. The van der Waals surface area contributed by atoms with E-state index in [2.05, 4.69) is 30.5 Å². The molecule has 12 heteroatoms. The SMILES string of the molecule is CN[C@@H](CCc1ncc2n1CCN(C(=O)NCc1cccc(F)c1Cl)C2)COC(=O)Nc1cc2ccccc2cn1. The standard InChI is InChI=1S/C29H31ClFN7O3/c1-32-22(18-41-29(40)36-25-13-19-5-2-3-6-20(19)14-33-25)9-10-26-34-16-23-17-37(11-12-38(23)26)28(39)35-15-21-7-4-8-24(31)27(21)30/h2-8,13-14,16,22,32H,9-12,15,17-18H2,1H3,(H,35,39)(H,33,36,40)/t22-/m0/s1. The molecule has 5 rings (SSSR count). The lowest BCUT2D eigenvalue weighted by Crippen LogP contribution is -2.44. The van der Waals surface area contributed by atoms with Crippen LogP contribution in [0.5, 0.6) is 0 Å². The first kappa shape index (κ1) is 28.3. The molecule has 1 aliphatic heterocycles. The van der Waals surface area contributed by atoms with Gasteiger partial charge >= 0.3 is 12.1 Å². The van der Waals surface area contributed by atoms with Gasteiger partial charge in [-0.2, -0.15) is 0 Å². The molecule has 0 radical (unpaired) electrons. The Hall–Kier alpha value is -4.22. The molecule has 0 saturated heterocycles. The fourth-order valence-corrected chi connectivity index (χ4v) is 4.96.